The first-order chi connectivity index (χ1) is 12.4. The van der Waals surface area contributed by atoms with Crippen molar-refractivity contribution in [3.8, 4) is 0 Å². The Morgan fingerprint density at radius 3 is 2.35 bits per heavy atom. The monoisotopic (exact) mass is 361 g/mol. The predicted molar refractivity (Wildman–Crippen MR) is 93.9 cm³/mol. The van der Waals surface area contributed by atoms with Gasteiger partial charge in [-0.2, -0.15) is 0 Å². The van der Waals surface area contributed by atoms with E-state index >= 15 is 0 Å². The van der Waals surface area contributed by atoms with Gasteiger partial charge in [0.05, 0.1) is 0 Å². The van der Waals surface area contributed by atoms with Gasteiger partial charge in [-0.05, 0) is 37.5 Å². The number of ether oxygens (including phenoxy) is 1. The third kappa shape index (κ3) is 4.13. The van der Waals surface area contributed by atoms with Crippen LogP contribution < -0.4 is 5.32 Å². The molecule has 3 rings (SSSR count). The highest BCUT2D eigenvalue weighted by Crippen LogP contribution is 2.22. The van der Waals surface area contributed by atoms with Crippen molar-refractivity contribution in [1.29, 1.82) is 0 Å². The van der Waals surface area contributed by atoms with Crippen molar-refractivity contribution in [2.45, 2.75) is 32.0 Å². The Bertz CT molecular complexity index is 700. The number of hydrogen-bond acceptors (Lipinski definition) is 4. The number of carboxylic acids is 1. The highest BCUT2D eigenvalue weighted by Gasteiger charge is 2.37. The van der Waals surface area contributed by atoms with Crippen molar-refractivity contribution in [2.24, 2.45) is 0 Å². The summed E-state index contributed by atoms with van der Waals surface area (Å²) in [6, 6.07) is 7.38. The summed E-state index contributed by atoms with van der Waals surface area (Å²) >= 11 is 0. The number of aryl methyl sites for hydroxylation is 1. The average Bonchev–Trinajstić information content (AvgIpc) is 3.12. The summed E-state index contributed by atoms with van der Waals surface area (Å²) in [5.41, 5.74) is 1.81. The Morgan fingerprint density at radius 1 is 1.08 bits per heavy atom. The van der Waals surface area contributed by atoms with Crippen molar-refractivity contribution in [3.63, 3.8) is 0 Å². The molecule has 8 heteroatoms. The maximum absolute atomic E-state index is 12.5. The number of piperazine rings is 1. The van der Waals surface area contributed by atoms with Gasteiger partial charge in [-0.15, -0.1) is 0 Å². The third-order valence-corrected chi connectivity index (χ3v) is 4.72. The van der Waals surface area contributed by atoms with E-state index in [2.05, 4.69) is 5.32 Å². The topological polar surface area (TPSA) is 99.2 Å². The number of nitrogens with zero attached hydrogens (tertiary/aromatic N) is 2. The highest BCUT2D eigenvalue weighted by atomic mass is 16.5. The van der Waals surface area contributed by atoms with Gasteiger partial charge in [0.2, 0.25) is 0 Å². The van der Waals surface area contributed by atoms with Crippen molar-refractivity contribution in [2.75, 3.05) is 31.5 Å². The van der Waals surface area contributed by atoms with Gasteiger partial charge < -0.3 is 25.0 Å². The van der Waals surface area contributed by atoms with E-state index in [4.69, 9.17) is 9.84 Å². The van der Waals surface area contributed by atoms with Crippen LogP contribution in [-0.2, 0) is 14.3 Å². The number of anilines is 1. The average molecular weight is 361 g/mol. The van der Waals surface area contributed by atoms with Crippen LogP contribution in [0.4, 0.5) is 10.5 Å². The van der Waals surface area contributed by atoms with E-state index in [1.165, 1.54) is 0 Å². The van der Waals surface area contributed by atoms with Gasteiger partial charge in [0, 0.05) is 31.9 Å². The van der Waals surface area contributed by atoms with Crippen LogP contribution in [0.1, 0.15) is 18.4 Å². The lowest BCUT2D eigenvalue weighted by molar-refractivity contribution is -0.155. The van der Waals surface area contributed by atoms with Crippen LogP contribution in [0.5, 0.6) is 0 Å². The van der Waals surface area contributed by atoms with Gasteiger partial charge in [-0.1, -0.05) is 12.1 Å². The molecular weight excluding hydrogens is 338 g/mol. The van der Waals surface area contributed by atoms with Gasteiger partial charge >= 0.3 is 12.0 Å². The quantitative estimate of drug-likeness (QED) is 0.845. The Kier molecular flexibility index (Phi) is 5.41. The van der Waals surface area contributed by atoms with Gasteiger partial charge in [0.25, 0.3) is 5.91 Å². The molecule has 2 heterocycles. The molecule has 2 aliphatic heterocycles. The van der Waals surface area contributed by atoms with Crippen molar-refractivity contribution in [3.05, 3.63) is 29.8 Å². The molecule has 1 aromatic rings. The maximum atomic E-state index is 12.5. The zero-order valence-corrected chi connectivity index (χ0v) is 14.7. The molecule has 1 aromatic carbocycles. The lowest BCUT2D eigenvalue weighted by Gasteiger charge is -2.35. The molecule has 0 spiro atoms. The minimum Gasteiger partial charge on any atom is -0.479 e. The van der Waals surface area contributed by atoms with Crippen LogP contribution in [0.25, 0.3) is 0 Å². The third-order valence-electron chi connectivity index (χ3n) is 4.72. The number of aliphatic carboxylic acids is 1. The van der Waals surface area contributed by atoms with E-state index in [-0.39, 0.29) is 11.9 Å². The van der Waals surface area contributed by atoms with Gasteiger partial charge in [0.15, 0.2) is 6.10 Å². The van der Waals surface area contributed by atoms with E-state index in [1.54, 1.807) is 9.80 Å². The number of nitrogens with one attached hydrogen (secondary N) is 1. The highest BCUT2D eigenvalue weighted by molar-refractivity contribution is 5.89. The Hall–Kier alpha value is -2.61. The van der Waals surface area contributed by atoms with E-state index in [0.717, 1.165) is 11.3 Å². The second kappa shape index (κ2) is 7.74. The molecule has 0 saturated carbocycles. The molecule has 0 aromatic heterocycles. The van der Waals surface area contributed by atoms with E-state index in [0.29, 0.717) is 39.0 Å². The standard InChI is InChI=1S/C18H23N3O5/c1-12-3-2-4-13(11-12)19-18(25)21-9-7-20(8-10-21)16(22)14-5-6-15(26-14)17(23)24/h2-4,11,14-15H,5-10H2,1H3,(H,19,25)(H,23,24)/t14-,15+/m0/s1. The van der Waals surface area contributed by atoms with E-state index < -0.39 is 18.2 Å². The smallest absolute Gasteiger partial charge is 0.332 e. The van der Waals surface area contributed by atoms with Gasteiger partial charge in [-0.25, -0.2) is 9.59 Å². The second-order valence-corrected chi connectivity index (χ2v) is 6.64. The molecule has 2 atom stereocenters. The fourth-order valence-corrected chi connectivity index (χ4v) is 3.26. The molecule has 0 aliphatic carbocycles. The van der Waals surface area contributed by atoms with Crippen molar-refractivity contribution in [1.82, 2.24) is 9.80 Å². The summed E-state index contributed by atoms with van der Waals surface area (Å²) in [5, 5.41) is 11.8. The predicted octanol–water partition coefficient (Wildman–Crippen LogP) is 1.30. The molecule has 140 valence electrons. The SMILES string of the molecule is Cc1cccc(NC(=O)N2CCN(C(=O)[C@@H]3CC[C@H](C(=O)O)O3)CC2)c1. The summed E-state index contributed by atoms with van der Waals surface area (Å²) in [4.78, 5) is 39.1. The van der Waals surface area contributed by atoms with Crippen LogP contribution in [0.2, 0.25) is 0 Å². The largest absolute Gasteiger partial charge is 0.479 e. The summed E-state index contributed by atoms with van der Waals surface area (Å²) in [6.07, 6.45) is -0.816. The molecule has 2 fully saturated rings. The van der Waals surface area contributed by atoms with Crippen molar-refractivity contribution >= 4 is 23.6 Å². The van der Waals surface area contributed by atoms with Gasteiger partial charge in [0.1, 0.15) is 6.10 Å². The molecule has 2 aliphatic rings. The molecule has 2 N–H and O–H groups in total. The van der Waals surface area contributed by atoms with Crippen LogP contribution in [-0.4, -0.2) is 71.2 Å². The number of rotatable bonds is 3. The number of hydrogen-bond donors (Lipinski definition) is 2. The van der Waals surface area contributed by atoms with Crippen LogP contribution in [0.15, 0.2) is 24.3 Å². The van der Waals surface area contributed by atoms with Crippen LogP contribution >= 0.6 is 0 Å². The molecule has 8 nitrogen and oxygen atoms in total. The Labute approximate surface area is 151 Å². The minimum atomic E-state index is -1.03. The first kappa shape index (κ1) is 18.2. The number of urea groups is 1. The van der Waals surface area contributed by atoms with E-state index in [1.807, 2.05) is 31.2 Å². The van der Waals surface area contributed by atoms with Crippen LogP contribution in [0, 0.1) is 6.92 Å². The molecule has 0 bridgehead atoms. The molecule has 0 unspecified atom stereocenters. The fraction of sp³-hybridized carbons (Fsp3) is 0.500. The van der Waals surface area contributed by atoms with E-state index in [9.17, 15) is 14.4 Å². The molecule has 3 amide bonds. The molecule has 26 heavy (non-hydrogen) atoms. The lowest BCUT2D eigenvalue weighted by Crippen LogP contribution is -2.53. The zero-order valence-electron chi connectivity index (χ0n) is 14.7. The maximum Gasteiger partial charge on any atom is 0.332 e. The van der Waals surface area contributed by atoms with Crippen molar-refractivity contribution < 1.29 is 24.2 Å². The summed E-state index contributed by atoms with van der Waals surface area (Å²) in [7, 11) is 0. The molecular formula is C18H23N3O5. The Balaban J connectivity index is 1.48. The normalized spacial score (nSPS) is 23.0. The minimum absolute atomic E-state index is 0.188. The molecule has 2 saturated heterocycles. The first-order valence-corrected chi connectivity index (χ1v) is 8.73. The lowest BCUT2D eigenvalue weighted by atomic mass is 10.1. The number of amides is 3. The number of benzene rings is 1. The number of carbonyl (C=O) groups excluding carboxylic acids is 2. The zero-order chi connectivity index (χ0) is 18.7. The second-order valence-electron chi connectivity index (χ2n) is 6.64. The summed E-state index contributed by atoms with van der Waals surface area (Å²) in [5.74, 6) is -1.22. The summed E-state index contributed by atoms with van der Waals surface area (Å²) in [6.45, 7) is 3.65. The fourth-order valence-electron chi connectivity index (χ4n) is 3.26. The first-order valence-electron chi connectivity index (χ1n) is 8.73. The molecule has 0 radical (unpaired) electrons. The van der Waals surface area contributed by atoms with Gasteiger partial charge in [-0.3, -0.25) is 4.79 Å². The number of carbonyl (C=O) groups is 3. The Morgan fingerprint density at radius 2 is 1.73 bits per heavy atom. The summed E-state index contributed by atoms with van der Waals surface area (Å²) < 4.78 is 5.32. The number of carboxylic acid groups (broad SMARTS) is 1. The van der Waals surface area contributed by atoms with Crippen LogP contribution in [0.3, 0.4) is 0 Å².